The number of hydrogen-bond donors (Lipinski definition) is 1. The Bertz CT molecular complexity index is 1020. The minimum Gasteiger partial charge on any atom is -0.350 e. The lowest BCUT2D eigenvalue weighted by Gasteiger charge is -2.57. The third-order valence-electron chi connectivity index (χ3n) is 7.22. The Labute approximate surface area is 181 Å². The molecule has 158 valence electrons. The molecular formula is C24H29N3O2S. The van der Waals surface area contributed by atoms with Gasteiger partial charge >= 0.3 is 0 Å². The van der Waals surface area contributed by atoms with Crippen molar-refractivity contribution in [1.82, 2.24) is 14.9 Å². The Morgan fingerprint density at radius 3 is 2.53 bits per heavy atom. The van der Waals surface area contributed by atoms with Crippen LogP contribution in [0.5, 0.6) is 0 Å². The van der Waals surface area contributed by atoms with Crippen LogP contribution < -0.4 is 10.9 Å². The van der Waals surface area contributed by atoms with Gasteiger partial charge in [-0.25, -0.2) is 4.98 Å². The predicted octanol–water partition coefficient (Wildman–Crippen LogP) is 4.15. The number of nitrogens with one attached hydrogen (secondary N) is 1. The first kappa shape index (κ1) is 19.9. The van der Waals surface area contributed by atoms with E-state index in [2.05, 4.69) is 11.9 Å². The Hall–Kier alpha value is -2.08. The topological polar surface area (TPSA) is 64.0 Å². The van der Waals surface area contributed by atoms with Crippen LogP contribution in [0.25, 0.3) is 10.9 Å². The molecule has 0 saturated heterocycles. The first-order valence-electron chi connectivity index (χ1n) is 11.1. The molecule has 1 aromatic carbocycles. The molecule has 1 heterocycles. The molecule has 1 N–H and O–H groups in total. The summed E-state index contributed by atoms with van der Waals surface area (Å²) in [5.41, 5.74) is 0.578. The third kappa shape index (κ3) is 3.49. The van der Waals surface area contributed by atoms with E-state index in [-0.39, 0.29) is 22.3 Å². The Morgan fingerprint density at radius 1 is 1.27 bits per heavy atom. The first-order valence-corrected chi connectivity index (χ1v) is 11.9. The van der Waals surface area contributed by atoms with Crippen molar-refractivity contribution in [2.24, 2.45) is 17.8 Å². The van der Waals surface area contributed by atoms with E-state index in [0.717, 1.165) is 37.0 Å². The zero-order valence-corrected chi connectivity index (χ0v) is 18.3. The van der Waals surface area contributed by atoms with E-state index >= 15 is 0 Å². The molecule has 0 radical (unpaired) electrons. The molecule has 6 heteroatoms. The van der Waals surface area contributed by atoms with Crippen molar-refractivity contribution in [3.63, 3.8) is 0 Å². The standard InChI is InChI=1S/C24H29N3O2S/c1-3-8-27-22(29)19-6-4-5-7-20(19)25-23(27)30-15(2)21(28)26-24-12-16-9-17(13-24)11-18(10-16)14-24/h3-7,15-18H,1,8-14H2,2H3,(H,26,28)/t15-,16?,17?,18?,24?/m1/s1. The molecule has 0 unspecified atom stereocenters. The normalized spacial score (nSPS) is 30.4. The maximum absolute atomic E-state index is 13.2. The number of carbonyl (C=O) groups excluding carboxylic acids is 1. The van der Waals surface area contributed by atoms with Gasteiger partial charge in [0.25, 0.3) is 5.56 Å². The van der Waals surface area contributed by atoms with Crippen molar-refractivity contribution in [1.29, 1.82) is 0 Å². The van der Waals surface area contributed by atoms with Gasteiger partial charge in [-0.05, 0) is 75.3 Å². The predicted molar refractivity (Wildman–Crippen MR) is 121 cm³/mol. The highest BCUT2D eigenvalue weighted by atomic mass is 32.2. The number of nitrogens with zero attached hydrogens (tertiary/aromatic N) is 2. The molecule has 4 aliphatic rings. The van der Waals surface area contributed by atoms with E-state index in [9.17, 15) is 9.59 Å². The summed E-state index contributed by atoms with van der Waals surface area (Å²) in [6.45, 7) is 6.07. The highest BCUT2D eigenvalue weighted by Gasteiger charge is 2.51. The first-order chi connectivity index (χ1) is 14.5. The summed E-state index contributed by atoms with van der Waals surface area (Å²) in [5, 5.41) is 4.30. The fraction of sp³-hybridized carbons (Fsp3) is 0.542. The summed E-state index contributed by atoms with van der Waals surface area (Å²) in [5.74, 6) is 2.44. The Balaban J connectivity index is 1.37. The highest BCUT2D eigenvalue weighted by Crippen LogP contribution is 2.55. The molecular weight excluding hydrogens is 394 g/mol. The molecule has 5 nitrogen and oxygen atoms in total. The number of rotatable bonds is 6. The van der Waals surface area contributed by atoms with Crippen molar-refractivity contribution in [2.45, 2.75) is 67.9 Å². The zero-order valence-electron chi connectivity index (χ0n) is 17.5. The molecule has 6 rings (SSSR count). The number of para-hydroxylation sites is 1. The molecule has 30 heavy (non-hydrogen) atoms. The second-order valence-electron chi connectivity index (χ2n) is 9.56. The minimum absolute atomic E-state index is 0.00174. The maximum Gasteiger partial charge on any atom is 0.262 e. The number of aromatic nitrogens is 2. The molecule has 1 atom stereocenters. The molecule has 2 aromatic rings. The van der Waals surface area contributed by atoms with Gasteiger partial charge < -0.3 is 5.32 Å². The van der Waals surface area contributed by atoms with Gasteiger partial charge in [0.05, 0.1) is 16.2 Å². The lowest BCUT2D eigenvalue weighted by Crippen LogP contribution is -2.60. The molecule has 4 saturated carbocycles. The Morgan fingerprint density at radius 2 is 1.90 bits per heavy atom. The lowest BCUT2D eigenvalue weighted by atomic mass is 9.53. The fourth-order valence-corrected chi connectivity index (χ4v) is 7.28. The van der Waals surface area contributed by atoms with E-state index in [1.807, 2.05) is 25.1 Å². The lowest BCUT2D eigenvalue weighted by molar-refractivity contribution is -0.126. The van der Waals surface area contributed by atoms with E-state index in [0.29, 0.717) is 22.6 Å². The molecule has 4 fully saturated rings. The van der Waals surface area contributed by atoms with Crippen molar-refractivity contribution in [3.8, 4) is 0 Å². The van der Waals surface area contributed by atoms with E-state index < -0.39 is 0 Å². The number of benzene rings is 1. The van der Waals surface area contributed by atoms with Crippen molar-refractivity contribution < 1.29 is 4.79 Å². The summed E-state index contributed by atoms with van der Waals surface area (Å²) >= 11 is 1.37. The summed E-state index contributed by atoms with van der Waals surface area (Å²) in [4.78, 5) is 30.8. The van der Waals surface area contributed by atoms with Crippen LogP contribution >= 0.6 is 11.8 Å². The SMILES string of the molecule is C=CCn1c(S[C@H](C)C(=O)NC23CC4CC(CC(C4)C2)C3)nc2ccccc2c1=O. The van der Waals surface area contributed by atoms with Gasteiger partial charge in [-0.1, -0.05) is 30.0 Å². The van der Waals surface area contributed by atoms with Crippen LogP contribution in [0.3, 0.4) is 0 Å². The number of thioether (sulfide) groups is 1. The van der Waals surface area contributed by atoms with Gasteiger partial charge in [0, 0.05) is 12.1 Å². The monoisotopic (exact) mass is 423 g/mol. The molecule has 0 aliphatic heterocycles. The summed E-state index contributed by atoms with van der Waals surface area (Å²) in [6.07, 6.45) is 9.17. The van der Waals surface area contributed by atoms with E-state index in [1.165, 1.54) is 31.0 Å². The van der Waals surface area contributed by atoms with Crippen molar-refractivity contribution in [2.75, 3.05) is 0 Å². The largest absolute Gasteiger partial charge is 0.350 e. The van der Waals surface area contributed by atoms with Gasteiger partial charge in [0.1, 0.15) is 0 Å². The summed E-state index contributed by atoms with van der Waals surface area (Å²) < 4.78 is 1.62. The van der Waals surface area contributed by atoms with Crippen LogP contribution in [0.4, 0.5) is 0 Å². The van der Waals surface area contributed by atoms with Crippen molar-refractivity contribution >= 4 is 28.6 Å². The van der Waals surface area contributed by atoms with Gasteiger partial charge in [0.15, 0.2) is 5.16 Å². The van der Waals surface area contributed by atoms with Gasteiger partial charge in [-0.2, -0.15) is 0 Å². The molecule has 4 aliphatic carbocycles. The summed E-state index contributed by atoms with van der Waals surface area (Å²) in [6, 6.07) is 7.36. The third-order valence-corrected chi connectivity index (χ3v) is 8.31. The van der Waals surface area contributed by atoms with E-state index in [1.54, 1.807) is 16.7 Å². The van der Waals surface area contributed by atoms with Gasteiger partial charge in [-0.15, -0.1) is 6.58 Å². The quantitative estimate of drug-likeness (QED) is 0.431. The Kier molecular flexibility index (Phi) is 5.00. The smallest absolute Gasteiger partial charge is 0.262 e. The molecule has 0 spiro atoms. The molecule has 1 aromatic heterocycles. The minimum atomic E-state index is -0.317. The average molecular weight is 424 g/mol. The number of amides is 1. The average Bonchev–Trinajstić information content (AvgIpc) is 2.69. The van der Waals surface area contributed by atoms with Crippen LogP contribution in [0, 0.1) is 17.8 Å². The second-order valence-corrected chi connectivity index (χ2v) is 10.9. The fourth-order valence-electron chi connectivity index (χ4n) is 6.37. The van der Waals surface area contributed by atoms with Crippen LogP contribution in [0.15, 0.2) is 46.9 Å². The molecule has 4 bridgehead atoms. The van der Waals surface area contributed by atoms with Crippen LogP contribution in [-0.2, 0) is 11.3 Å². The number of fused-ring (bicyclic) bond motifs is 1. The van der Waals surface area contributed by atoms with Crippen molar-refractivity contribution in [3.05, 3.63) is 47.3 Å². The summed E-state index contributed by atoms with van der Waals surface area (Å²) in [7, 11) is 0. The molecule has 1 amide bonds. The zero-order chi connectivity index (χ0) is 20.9. The maximum atomic E-state index is 13.2. The number of carbonyl (C=O) groups is 1. The van der Waals surface area contributed by atoms with E-state index in [4.69, 9.17) is 4.98 Å². The second kappa shape index (κ2) is 7.56. The number of hydrogen-bond acceptors (Lipinski definition) is 4. The van der Waals surface area contributed by atoms with Crippen LogP contribution in [0.2, 0.25) is 0 Å². The van der Waals surface area contributed by atoms with Gasteiger partial charge in [0.2, 0.25) is 5.91 Å². The van der Waals surface area contributed by atoms with Crippen LogP contribution in [0.1, 0.15) is 45.4 Å². The van der Waals surface area contributed by atoms with Gasteiger partial charge in [-0.3, -0.25) is 14.2 Å². The van der Waals surface area contributed by atoms with Crippen LogP contribution in [-0.4, -0.2) is 26.2 Å². The highest BCUT2D eigenvalue weighted by molar-refractivity contribution is 8.00. The number of allylic oxidation sites excluding steroid dienone is 1.